The first kappa shape index (κ1) is 16.7. The van der Waals surface area contributed by atoms with Crippen LogP contribution in [-0.2, 0) is 4.79 Å². The number of ether oxygens (including phenoxy) is 1. The van der Waals surface area contributed by atoms with Crippen molar-refractivity contribution in [2.45, 2.75) is 50.5 Å². The van der Waals surface area contributed by atoms with Crippen LogP contribution in [0.2, 0.25) is 0 Å². The molecule has 3 N–H and O–H groups in total. The van der Waals surface area contributed by atoms with E-state index in [0.29, 0.717) is 18.9 Å². The third-order valence-electron chi connectivity index (χ3n) is 4.14. The highest BCUT2D eigenvalue weighted by Gasteiger charge is 2.34. The van der Waals surface area contributed by atoms with Crippen LogP contribution in [0.4, 0.5) is 4.39 Å². The highest BCUT2D eigenvalue weighted by atomic mass is 19.1. The lowest BCUT2D eigenvalue weighted by Crippen LogP contribution is -2.55. The summed E-state index contributed by atoms with van der Waals surface area (Å²) < 4.78 is 18.2. The monoisotopic (exact) mass is 308 g/mol. The Morgan fingerprint density at radius 1 is 1.18 bits per heavy atom. The second kappa shape index (κ2) is 8.13. The van der Waals surface area contributed by atoms with Crippen molar-refractivity contribution >= 4 is 5.91 Å². The molecule has 2 rings (SSSR count). The SMILES string of the molecule is NC1(C(=O)NCCCCOc2ccc(F)cc2)CCCCC1. The van der Waals surface area contributed by atoms with Crippen molar-refractivity contribution in [2.24, 2.45) is 5.73 Å². The first-order valence-electron chi connectivity index (χ1n) is 8.06. The van der Waals surface area contributed by atoms with Crippen LogP contribution in [0.25, 0.3) is 0 Å². The molecular weight excluding hydrogens is 283 g/mol. The maximum atomic E-state index is 12.7. The van der Waals surface area contributed by atoms with Crippen molar-refractivity contribution < 1.29 is 13.9 Å². The lowest BCUT2D eigenvalue weighted by Gasteiger charge is -2.31. The van der Waals surface area contributed by atoms with E-state index < -0.39 is 5.54 Å². The van der Waals surface area contributed by atoms with E-state index in [2.05, 4.69) is 5.32 Å². The van der Waals surface area contributed by atoms with Crippen molar-refractivity contribution in [3.8, 4) is 5.75 Å². The minimum Gasteiger partial charge on any atom is -0.494 e. The van der Waals surface area contributed by atoms with Crippen LogP contribution in [0.1, 0.15) is 44.9 Å². The molecule has 0 atom stereocenters. The molecule has 0 unspecified atom stereocenters. The number of benzene rings is 1. The van der Waals surface area contributed by atoms with E-state index in [0.717, 1.165) is 38.5 Å². The molecule has 122 valence electrons. The largest absolute Gasteiger partial charge is 0.494 e. The van der Waals surface area contributed by atoms with E-state index in [4.69, 9.17) is 10.5 Å². The topological polar surface area (TPSA) is 64.4 Å². The van der Waals surface area contributed by atoms with Gasteiger partial charge in [-0.15, -0.1) is 0 Å². The number of unbranched alkanes of at least 4 members (excludes halogenated alkanes) is 1. The Hall–Kier alpha value is -1.62. The molecule has 0 spiro atoms. The predicted molar refractivity (Wildman–Crippen MR) is 84.1 cm³/mol. The molecule has 0 saturated heterocycles. The molecule has 0 bridgehead atoms. The number of hydrogen-bond acceptors (Lipinski definition) is 3. The number of nitrogens with two attached hydrogens (primary N) is 1. The molecule has 4 nitrogen and oxygen atoms in total. The van der Waals surface area contributed by atoms with Crippen LogP contribution in [0.15, 0.2) is 24.3 Å². The van der Waals surface area contributed by atoms with E-state index in [1.807, 2.05) is 0 Å². The maximum absolute atomic E-state index is 12.7. The zero-order valence-corrected chi connectivity index (χ0v) is 12.9. The molecule has 22 heavy (non-hydrogen) atoms. The van der Waals surface area contributed by atoms with Crippen LogP contribution in [0.5, 0.6) is 5.75 Å². The second-order valence-electron chi connectivity index (χ2n) is 5.98. The summed E-state index contributed by atoms with van der Waals surface area (Å²) in [5.41, 5.74) is 5.50. The molecule has 1 aliphatic carbocycles. The molecule has 1 aromatic rings. The number of nitrogens with one attached hydrogen (secondary N) is 1. The number of carbonyl (C=O) groups excluding carboxylic acids is 1. The average Bonchev–Trinajstić information content (AvgIpc) is 2.53. The third-order valence-corrected chi connectivity index (χ3v) is 4.14. The zero-order chi connectivity index (χ0) is 15.8. The van der Waals surface area contributed by atoms with Gasteiger partial charge in [-0.3, -0.25) is 4.79 Å². The summed E-state index contributed by atoms with van der Waals surface area (Å²) in [7, 11) is 0. The van der Waals surface area contributed by atoms with Gasteiger partial charge in [0.15, 0.2) is 0 Å². The molecular formula is C17H25FN2O2. The van der Waals surface area contributed by atoms with Gasteiger partial charge in [-0.25, -0.2) is 4.39 Å². The predicted octanol–water partition coefficient (Wildman–Crippen LogP) is 2.76. The minimum absolute atomic E-state index is 0.0216. The number of carbonyl (C=O) groups is 1. The zero-order valence-electron chi connectivity index (χ0n) is 12.9. The number of rotatable bonds is 7. The molecule has 1 aliphatic rings. The van der Waals surface area contributed by atoms with Crippen LogP contribution in [0.3, 0.4) is 0 Å². The lowest BCUT2D eigenvalue weighted by atomic mass is 9.82. The summed E-state index contributed by atoms with van der Waals surface area (Å²) in [6, 6.07) is 5.97. The fraction of sp³-hybridized carbons (Fsp3) is 0.588. The van der Waals surface area contributed by atoms with E-state index >= 15 is 0 Å². The number of hydrogen-bond donors (Lipinski definition) is 2. The first-order valence-corrected chi connectivity index (χ1v) is 8.06. The van der Waals surface area contributed by atoms with Gasteiger partial charge in [-0.2, -0.15) is 0 Å². The fourth-order valence-electron chi connectivity index (χ4n) is 2.74. The smallest absolute Gasteiger partial charge is 0.240 e. The summed E-state index contributed by atoms with van der Waals surface area (Å²) in [6.45, 7) is 1.17. The normalized spacial score (nSPS) is 17.0. The molecule has 1 saturated carbocycles. The highest BCUT2D eigenvalue weighted by molar-refractivity contribution is 5.86. The Bertz CT molecular complexity index is 470. The van der Waals surface area contributed by atoms with E-state index in [9.17, 15) is 9.18 Å². The summed E-state index contributed by atoms with van der Waals surface area (Å²) >= 11 is 0. The maximum Gasteiger partial charge on any atom is 0.240 e. The van der Waals surface area contributed by atoms with Crippen molar-refractivity contribution in [1.29, 1.82) is 0 Å². The average molecular weight is 308 g/mol. The third kappa shape index (κ3) is 4.98. The van der Waals surface area contributed by atoms with Gasteiger partial charge in [-0.05, 0) is 49.9 Å². The van der Waals surface area contributed by atoms with E-state index in [1.165, 1.54) is 18.6 Å². The van der Waals surface area contributed by atoms with E-state index in [1.54, 1.807) is 12.1 Å². The first-order chi connectivity index (χ1) is 10.6. The van der Waals surface area contributed by atoms with Gasteiger partial charge in [-0.1, -0.05) is 19.3 Å². The van der Waals surface area contributed by atoms with Crippen LogP contribution in [-0.4, -0.2) is 24.6 Å². The summed E-state index contributed by atoms with van der Waals surface area (Å²) in [5, 5.41) is 2.93. The molecule has 1 fully saturated rings. The van der Waals surface area contributed by atoms with Crippen molar-refractivity contribution in [3.63, 3.8) is 0 Å². The molecule has 0 aliphatic heterocycles. The standard InChI is InChI=1S/C17H25FN2O2/c18-14-6-8-15(9-7-14)22-13-5-4-12-20-16(21)17(19)10-2-1-3-11-17/h6-9H,1-5,10-13,19H2,(H,20,21). The van der Waals surface area contributed by atoms with Gasteiger partial charge in [0.1, 0.15) is 11.6 Å². The van der Waals surface area contributed by atoms with Gasteiger partial charge < -0.3 is 15.8 Å². The van der Waals surface area contributed by atoms with Crippen LogP contribution in [0, 0.1) is 5.82 Å². The molecule has 0 radical (unpaired) electrons. The molecule has 1 amide bonds. The molecule has 0 heterocycles. The Balaban J connectivity index is 1.57. The fourth-order valence-corrected chi connectivity index (χ4v) is 2.74. The van der Waals surface area contributed by atoms with Gasteiger partial charge in [0, 0.05) is 6.54 Å². The van der Waals surface area contributed by atoms with Gasteiger partial charge >= 0.3 is 0 Å². The van der Waals surface area contributed by atoms with Crippen molar-refractivity contribution in [2.75, 3.05) is 13.2 Å². The Morgan fingerprint density at radius 2 is 1.86 bits per heavy atom. The van der Waals surface area contributed by atoms with Gasteiger partial charge in [0.25, 0.3) is 0 Å². The van der Waals surface area contributed by atoms with Crippen LogP contribution >= 0.6 is 0 Å². The minimum atomic E-state index is -0.664. The Kier molecular flexibility index (Phi) is 6.19. The Labute approximate surface area is 131 Å². The Morgan fingerprint density at radius 3 is 2.55 bits per heavy atom. The van der Waals surface area contributed by atoms with E-state index in [-0.39, 0.29) is 11.7 Å². The highest BCUT2D eigenvalue weighted by Crippen LogP contribution is 2.25. The summed E-state index contributed by atoms with van der Waals surface area (Å²) in [4.78, 5) is 12.1. The molecule has 0 aromatic heterocycles. The quantitative estimate of drug-likeness (QED) is 0.761. The summed E-state index contributed by atoms with van der Waals surface area (Å²) in [5.74, 6) is 0.369. The van der Waals surface area contributed by atoms with Crippen molar-refractivity contribution in [3.05, 3.63) is 30.1 Å². The van der Waals surface area contributed by atoms with Gasteiger partial charge in [0.05, 0.1) is 12.1 Å². The summed E-state index contributed by atoms with van der Waals surface area (Å²) in [6.07, 6.45) is 6.48. The van der Waals surface area contributed by atoms with Gasteiger partial charge in [0.2, 0.25) is 5.91 Å². The van der Waals surface area contributed by atoms with Crippen LogP contribution < -0.4 is 15.8 Å². The lowest BCUT2D eigenvalue weighted by molar-refractivity contribution is -0.127. The number of amides is 1. The molecule has 1 aromatic carbocycles. The van der Waals surface area contributed by atoms with Crippen molar-refractivity contribution in [1.82, 2.24) is 5.32 Å². The second-order valence-corrected chi connectivity index (χ2v) is 5.98. The molecule has 5 heteroatoms. The number of halogens is 1.